The van der Waals surface area contributed by atoms with E-state index >= 15 is 0 Å². The molecule has 0 atom stereocenters. The van der Waals surface area contributed by atoms with Gasteiger partial charge in [-0.3, -0.25) is 0 Å². The summed E-state index contributed by atoms with van der Waals surface area (Å²) in [6, 6.07) is 0. The molecule has 9 heavy (non-hydrogen) atoms. The largest absolute Gasteiger partial charge is 0.0995 e. The van der Waals surface area contributed by atoms with Crippen LogP contribution in [0.1, 0.15) is 32.6 Å². The zero-order valence-corrected chi connectivity index (χ0v) is 6.11. The molecule has 0 heterocycles. The number of hydrogen-bond donors (Lipinski definition) is 0. The van der Waals surface area contributed by atoms with Crippen molar-refractivity contribution in [1.29, 1.82) is 0 Å². The van der Waals surface area contributed by atoms with Gasteiger partial charge in [-0.2, -0.15) is 0 Å². The molecule has 0 aromatic carbocycles. The van der Waals surface area contributed by atoms with Crippen molar-refractivity contribution in [2.45, 2.75) is 32.6 Å². The Morgan fingerprint density at radius 1 is 1.44 bits per heavy atom. The lowest BCUT2D eigenvalue weighted by Gasteiger charge is -2.15. The molecule has 0 aliphatic heterocycles. The lowest BCUT2D eigenvalue weighted by molar-refractivity contribution is 0.647. The van der Waals surface area contributed by atoms with Crippen molar-refractivity contribution in [2.75, 3.05) is 0 Å². The van der Waals surface area contributed by atoms with Crippen LogP contribution in [0, 0.1) is 12.3 Å². The maximum Gasteiger partial charge on any atom is 0.0884 e. The number of rotatable bonds is 1. The molecular formula is C9H14+. The third-order valence-corrected chi connectivity index (χ3v) is 1.90. The molecule has 0 unspecified atom stereocenters. The molecule has 0 aromatic heterocycles. The molecule has 0 amide bonds. The Labute approximate surface area is 58.0 Å². The summed E-state index contributed by atoms with van der Waals surface area (Å²) in [5.41, 5.74) is 1.29. The van der Waals surface area contributed by atoms with Crippen molar-refractivity contribution in [2.24, 2.45) is 0 Å². The smallest absolute Gasteiger partial charge is 0.0884 e. The zero-order chi connectivity index (χ0) is 6.69. The van der Waals surface area contributed by atoms with Crippen LogP contribution in [0.2, 0.25) is 0 Å². The Morgan fingerprint density at radius 2 is 2.00 bits per heavy atom. The Kier molecular flexibility index (Phi) is 2.21. The first-order chi connectivity index (χ1) is 4.30. The highest BCUT2D eigenvalue weighted by Gasteiger charge is 2.18. The molecule has 1 saturated carbocycles. The van der Waals surface area contributed by atoms with E-state index in [0.717, 1.165) is 0 Å². The topological polar surface area (TPSA) is 0 Å². The number of allylic oxidation sites excluding steroid dienone is 1. The van der Waals surface area contributed by atoms with Gasteiger partial charge in [0.2, 0.25) is 0 Å². The maximum atomic E-state index is 3.93. The van der Waals surface area contributed by atoms with E-state index in [1.807, 2.05) is 0 Å². The highest BCUT2D eigenvalue weighted by atomic mass is 14.2. The Balaban J connectivity index is 2.31. The van der Waals surface area contributed by atoms with E-state index in [9.17, 15) is 0 Å². The molecule has 1 aliphatic rings. The quantitative estimate of drug-likeness (QED) is 0.469. The van der Waals surface area contributed by atoms with Crippen LogP contribution >= 0.6 is 0 Å². The van der Waals surface area contributed by atoms with Crippen LogP contribution in [-0.2, 0) is 0 Å². The lowest BCUT2D eigenvalue weighted by Crippen LogP contribution is -2.04. The minimum Gasteiger partial charge on any atom is -0.0995 e. The molecule has 1 fully saturated rings. The van der Waals surface area contributed by atoms with Crippen LogP contribution in [-0.4, -0.2) is 0 Å². The highest BCUT2D eigenvalue weighted by molar-refractivity contribution is 5.20. The van der Waals surface area contributed by atoms with Crippen LogP contribution in [0.5, 0.6) is 0 Å². The predicted molar refractivity (Wildman–Crippen MR) is 40.8 cm³/mol. The van der Waals surface area contributed by atoms with Gasteiger partial charge in [-0.25, -0.2) is 0 Å². The third kappa shape index (κ3) is 1.78. The summed E-state index contributed by atoms with van der Waals surface area (Å²) >= 11 is 0. The first kappa shape index (κ1) is 6.73. The molecule has 0 spiro atoms. The molecule has 0 bridgehead atoms. The summed E-state index contributed by atoms with van der Waals surface area (Å²) in [5.74, 6) is 1.58. The predicted octanol–water partition coefficient (Wildman–Crippen LogP) is 2.92. The fourth-order valence-electron chi connectivity index (χ4n) is 1.25. The summed E-state index contributed by atoms with van der Waals surface area (Å²) in [5, 5.41) is 0. The summed E-state index contributed by atoms with van der Waals surface area (Å²) in [4.78, 5) is 0. The monoisotopic (exact) mass is 122 g/mol. The minimum absolute atomic E-state index is 1.26. The Morgan fingerprint density at radius 3 is 2.33 bits per heavy atom. The van der Waals surface area contributed by atoms with Crippen LogP contribution in [0.25, 0.3) is 0 Å². The van der Waals surface area contributed by atoms with Crippen molar-refractivity contribution in [3.63, 3.8) is 0 Å². The van der Waals surface area contributed by atoms with Gasteiger partial charge in [-0.15, -0.1) is 0 Å². The summed E-state index contributed by atoms with van der Waals surface area (Å²) in [7, 11) is 0. The fourth-order valence-corrected chi connectivity index (χ4v) is 1.25. The van der Waals surface area contributed by atoms with E-state index in [-0.39, 0.29) is 0 Å². The van der Waals surface area contributed by atoms with E-state index in [0.29, 0.717) is 0 Å². The van der Waals surface area contributed by atoms with Crippen molar-refractivity contribution in [1.82, 2.24) is 0 Å². The third-order valence-electron chi connectivity index (χ3n) is 1.90. The molecular weight excluding hydrogens is 108 g/mol. The summed E-state index contributed by atoms with van der Waals surface area (Å²) in [6.07, 6.45) is 7.42. The van der Waals surface area contributed by atoms with Gasteiger partial charge in [0.25, 0.3) is 0 Å². The van der Waals surface area contributed by atoms with Crippen molar-refractivity contribution < 1.29 is 0 Å². The van der Waals surface area contributed by atoms with Gasteiger partial charge in [-0.05, 0) is 19.8 Å². The average Bonchev–Trinajstić information content (AvgIpc) is 1.90. The first-order valence-electron chi connectivity index (χ1n) is 3.63. The molecule has 0 saturated heterocycles. The van der Waals surface area contributed by atoms with Gasteiger partial charge in [0, 0.05) is 5.92 Å². The van der Waals surface area contributed by atoms with E-state index in [1.165, 1.54) is 31.3 Å². The molecule has 1 aliphatic carbocycles. The van der Waals surface area contributed by atoms with Crippen LogP contribution in [0.3, 0.4) is 0 Å². The summed E-state index contributed by atoms with van der Waals surface area (Å²) in [6.45, 7) is 6.04. The van der Waals surface area contributed by atoms with Crippen LogP contribution in [0.15, 0.2) is 12.2 Å². The Bertz CT molecular complexity index is 96.6. The number of hydrogen-bond acceptors (Lipinski definition) is 0. The van der Waals surface area contributed by atoms with Gasteiger partial charge in [0.1, 0.15) is 0 Å². The molecule has 0 N–H and O–H groups in total. The first-order valence-corrected chi connectivity index (χ1v) is 3.63. The second-order valence-electron chi connectivity index (χ2n) is 2.75. The van der Waals surface area contributed by atoms with Crippen molar-refractivity contribution in [3.05, 3.63) is 24.5 Å². The van der Waals surface area contributed by atoms with E-state index in [2.05, 4.69) is 19.9 Å². The molecule has 0 nitrogen and oxygen atoms in total. The zero-order valence-electron chi connectivity index (χ0n) is 6.11. The molecule has 1 radical (unpaired) electrons. The van der Waals surface area contributed by atoms with E-state index < -0.39 is 0 Å². The van der Waals surface area contributed by atoms with Gasteiger partial charge < -0.3 is 0 Å². The summed E-state index contributed by atoms with van der Waals surface area (Å²) < 4.78 is 0. The standard InChI is InChI=1S/C9H14/c1-8(2)9-6-4-3-5-7-9/h3H,1,4-7H2,2H3/q+1. The van der Waals surface area contributed by atoms with Gasteiger partial charge in [0.05, 0.1) is 19.3 Å². The van der Waals surface area contributed by atoms with Crippen molar-refractivity contribution >= 4 is 0 Å². The van der Waals surface area contributed by atoms with Crippen LogP contribution < -0.4 is 0 Å². The van der Waals surface area contributed by atoms with E-state index in [4.69, 9.17) is 0 Å². The second-order valence-corrected chi connectivity index (χ2v) is 2.75. The maximum absolute atomic E-state index is 3.93. The lowest BCUT2D eigenvalue weighted by atomic mass is 9.85. The van der Waals surface area contributed by atoms with Gasteiger partial charge >= 0.3 is 0 Å². The normalized spacial score (nSPS) is 21.0. The molecule has 0 aromatic rings. The fraction of sp³-hybridized carbons (Fsp3) is 0.556. The second kappa shape index (κ2) is 2.95. The van der Waals surface area contributed by atoms with Gasteiger partial charge in [0.15, 0.2) is 0 Å². The molecule has 49 valence electrons. The van der Waals surface area contributed by atoms with Crippen LogP contribution in [0.4, 0.5) is 0 Å². The highest BCUT2D eigenvalue weighted by Crippen LogP contribution is 2.29. The Hall–Kier alpha value is -0.390. The van der Waals surface area contributed by atoms with Gasteiger partial charge in [-0.1, -0.05) is 12.2 Å². The SMILES string of the molecule is C=C(C)[C]1CC[CH+]CC1. The molecule has 0 heteroatoms. The van der Waals surface area contributed by atoms with Crippen molar-refractivity contribution in [3.8, 4) is 0 Å². The molecule has 1 rings (SSSR count). The van der Waals surface area contributed by atoms with E-state index in [1.54, 1.807) is 5.92 Å². The average molecular weight is 122 g/mol. The minimum atomic E-state index is 1.26.